The molecular weight excluding hydrogens is 312 g/mol. The van der Waals surface area contributed by atoms with Crippen molar-refractivity contribution in [3.8, 4) is 0 Å². The molecule has 0 spiro atoms. The molecule has 0 aliphatic rings. The van der Waals surface area contributed by atoms with Gasteiger partial charge in [0.2, 0.25) is 0 Å². The van der Waals surface area contributed by atoms with Crippen molar-refractivity contribution in [1.29, 1.82) is 0 Å². The molecular formula is C18H38O4S. The molecule has 0 fully saturated rings. The average molecular weight is 351 g/mol. The summed E-state index contributed by atoms with van der Waals surface area (Å²) in [5, 5.41) is 0. The molecule has 0 aromatic rings. The van der Waals surface area contributed by atoms with Crippen molar-refractivity contribution in [2.75, 3.05) is 13.2 Å². The monoisotopic (exact) mass is 350 g/mol. The van der Waals surface area contributed by atoms with E-state index in [4.69, 9.17) is 8.37 Å². The highest BCUT2D eigenvalue weighted by Gasteiger charge is 2.10. The zero-order chi connectivity index (χ0) is 17.2. The van der Waals surface area contributed by atoms with Crippen molar-refractivity contribution in [3.63, 3.8) is 0 Å². The number of hydrogen-bond acceptors (Lipinski definition) is 4. The van der Waals surface area contributed by atoms with E-state index in [2.05, 4.69) is 13.8 Å². The maximum atomic E-state index is 11.5. The zero-order valence-electron chi connectivity index (χ0n) is 15.4. The first-order valence-electron chi connectivity index (χ1n) is 9.66. The van der Waals surface area contributed by atoms with Crippen LogP contribution in [0.15, 0.2) is 0 Å². The van der Waals surface area contributed by atoms with Gasteiger partial charge in [-0.15, -0.1) is 0 Å². The topological polar surface area (TPSA) is 52.6 Å². The normalized spacial score (nSPS) is 11.9. The van der Waals surface area contributed by atoms with Gasteiger partial charge in [0, 0.05) is 0 Å². The standard InChI is InChI=1S/C18H38O4S/c1-3-5-7-9-10-11-12-13-14-16-18-22-23(19,20)21-17-15-8-6-4-2/h3-18H2,1-2H3. The van der Waals surface area contributed by atoms with E-state index in [1.807, 2.05) is 0 Å². The third-order valence-corrected chi connectivity index (χ3v) is 4.86. The van der Waals surface area contributed by atoms with Gasteiger partial charge in [0.25, 0.3) is 0 Å². The Balaban J connectivity index is 3.32. The molecule has 23 heavy (non-hydrogen) atoms. The minimum Gasteiger partial charge on any atom is -0.248 e. The van der Waals surface area contributed by atoms with Crippen LogP contribution in [0.5, 0.6) is 0 Å². The van der Waals surface area contributed by atoms with Crippen LogP contribution in [-0.2, 0) is 18.8 Å². The predicted molar refractivity (Wildman–Crippen MR) is 96.8 cm³/mol. The molecule has 140 valence electrons. The highest BCUT2D eigenvalue weighted by atomic mass is 32.3. The summed E-state index contributed by atoms with van der Waals surface area (Å²) in [6, 6.07) is 0. The summed E-state index contributed by atoms with van der Waals surface area (Å²) in [4.78, 5) is 0. The van der Waals surface area contributed by atoms with Crippen molar-refractivity contribution in [1.82, 2.24) is 0 Å². The van der Waals surface area contributed by atoms with Crippen molar-refractivity contribution in [3.05, 3.63) is 0 Å². The smallest absolute Gasteiger partial charge is 0.248 e. The van der Waals surface area contributed by atoms with Gasteiger partial charge in [0.05, 0.1) is 13.2 Å². The summed E-state index contributed by atoms with van der Waals surface area (Å²) >= 11 is 0. The first-order valence-corrected chi connectivity index (χ1v) is 11.0. The molecule has 0 rings (SSSR count). The Morgan fingerprint density at radius 3 is 1.22 bits per heavy atom. The molecule has 0 aliphatic heterocycles. The van der Waals surface area contributed by atoms with Gasteiger partial charge in [0.1, 0.15) is 0 Å². The van der Waals surface area contributed by atoms with E-state index in [9.17, 15) is 8.42 Å². The summed E-state index contributed by atoms with van der Waals surface area (Å²) in [5.41, 5.74) is 0. The lowest BCUT2D eigenvalue weighted by atomic mass is 10.1. The number of hydrogen-bond donors (Lipinski definition) is 0. The van der Waals surface area contributed by atoms with Crippen LogP contribution < -0.4 is 0 Å². The molecule has 0 saturated carbocycles. The second-order valence-corrected chi connectivity index (χ2v) is 7.58. The van der Waals surface area contributed by atoms with E-state index in [0.717, 1.165) is 44.9 Å². The van der Waals surface area contributed by atoms with Gasteiger partial charge in [0.15, 0.2) is 0 Å². The van der Waals surface area contributed by atoms with Crippen LogP contribution in [0.1, 0.15) is 104 Å². The van der Waals surface area contributed by atoms with Gasteiger partial charge in [-0.1, -0.05) is 90.9 Å². The molecule has 0 saturated heterocycles. The summed E-state index contributed by atoms with van der Waals surface area (Å²) in [7, 11) is -3.78. The molecule has 0 amide bonds. The molecule has 0 radical (unpaired) electrons. The highest BCUT2D eigenvalue weighted by molar-refractivity contribution is 7.81. The molecule has 0 aromatic carbocycles. The maximum absolute atomic E-state index is 11.5. The first kappa shape index (κ1) is 22.9. The Morgan fingerprint density at radius 1 is 0.522 bits per heavy atom. The molecule has 4 nitrogen and oxygen atoms in total. The minimum absolute atomic E-state index is 0.236. The molecule has 0 unspecified atom stereocenters. The zero-order valence-corrected chi connectivity index (χ0v) is 16.2. The number of rotatable bonds is 18. The highest BCUT2D eigenvalue weighted by Crippen LogP contribution is 2.11. The molecule has 5 heteroatoms. The van der Waals surface area contributed by atoms with Crippen LogP contribution in [0.2, 0.25) is 0 Å². The Hall–Kier alpha value is -0.130. The van der Waals surface area contributed by atoms with Crippen molar-refractivity contribution in [2.45, 2.75) is 104 Å². The third kappa shape index (κ3) is 18.1. The van der Waals surface area contributed by atoms with Gasteiger partial charge in [-0.05, 0) is 12.8 Å². The van der Waals surface area contributed by atoms with Crippen molar-refractivity contribution >= 4 is 10.4 Å². The summed E-state index contributed by atoms with van der Waals surface area (Å²) < 4.78 is 32.6. The van der Waals surface area contributed by atoms with Gasteiger partial charge < -0.3 is 0 Å². The lowest BCUT2D eigenvalue weighted by molar-refractivity contribution is 0.208. The van der Waals surface area contributed by atoms with Crippen LogP contribution in [0.25, 0.3) is 0 Å². The SMILES string of the molecule is CCCCCCCCCCCCOS(=O)(=O)OCCCCCC. The maximum Gasteiger partial charge on any atom is 0.399 e. The second kappa shape index (κ2) is 16.7. The van der Waals surface area contributed by atoms with Crippen molar-refractivity contribution < 1.29 is 16.8 Å². The van der Waals surface area contributed by atoms with Crippen LogP contribution in [0, 0.1) is 0 Å². The van der Waals surface area contributed by atoms with E-state index in [1.54, 1.807) is 0 Å². The molecule has 0 atom stereocenters. The Bertz CT molecular complexity index is 328. The quantitative estimate of drug-likeness (QED) is 0.295. The predicted octanol–water partition coefficient (Wildman–Crippen LogP) is 5.77. The Labute approximate surface area is 144 Å². The lowest BCUT2D eigenvalue weighted by Gasteiger charge is -2.06. The molecule has 0 bridgehead atoms. The fraction of sp³-hybridized carbons (Fsp3) is 1.00. The molecule has 0 aliphatic carbocycles. The van der Waals surface area contributed by atoms with E-state index in [-0.39, 0.29) is 13.2 Å². The summed E-state index contributed by atoms with van der Waals surface area (Å²) in [6.07, 6.45) is 16.2. The first-order chi connectivity index (χ1) is 11.1. The van der Waals surface area contributed by atoms with Gasteiger partial charge in [-0.2, -0.15) is 8.42 Å². The van der Waals surface area contributed by atoms with Crippen LogP contribution >= 0.6 is 0 Å². The van der Waals surface area contributed by atoms with Gasteiger partial charge in [-0.3, -0.25) is 0 Å². The fourth-order valence-corrected chi connectivity index (χ4v) is 3.19. The summed E-state index contributed by atoms with van der Waals surface area (Å²) in [6.45, 7) is 4.83. The van der Waals surface area contributed by atoms with Crippen LogP contribution in [0.4, 0.5) is 0 Å². The van der Waals surface area contributed by atoms with E-state index < -0.39 is 10.4 Å². The third-order valence-electron chi connectivity index (χ3n) is 3.95. The minimum atomic E-state index is -3.78. The van der Waals surface area contributed by atoms with Crippen LogP contribution in [0.3, 0.4) is 0 Å². The van der Waals surface area contributed by atoms with E-state index in [1.165, 1.54) is 44.9 Å². The van der Waals surface area contributed by atoms with E-state index in [0.29, 0.717) is 0 Å². The molecule has 0 heterocycles. The van der Waals surface area contributed by atoms with Gasteiger partial charge >= 0.3 is 10.4 Å². The lowest BCUT2D eigenvalue weighted by Crippen LogP contribution is -2.12. The molecule has 0 aromatic heterocycles. The fourth-order valence-electron chi connectivity index (χ4n) is 2.47. The van der Waals surface area contributed by atoms with Crippen molar-refractivity contribution in [2.24, 2.45) is 0 Å². The number of unbranched alkanes of at least 4 members (excludes halogenated alkanes) is 12. The second-order valence-electron chi connectivity index (χ2n) is 6.29. The largest absolute Gasteiger partial charge is 0.399 e. The van der Waals surface area contributed by atoms with Gasteiger partial charge in [-0.25, -0.2) is 8.37 Å². The molecule has 0 N–H and O–H groups in total. The average Bonchev–Trinajstić information content (AvgIpc) is 2.52. The Morgan fingerprint density at radius 2 is 0.826 bits per heavy atom. The van der Waals surface area contributed by atoms with E-state index >= 15 is 0 Å². The summed E-state index contributed by atoms with van der Waals surface area (Å²) in [5.74, 6) is 0. The van der Waals surface area contributed by atoms with Crippen LogP contribution in [-0.4, -0.2) is 21.6 Å². The Kier molecular flexibility index (Phi) is 16.6.